The van der Waals surface area contributed by atoms with E-state index in [9.17, 15) is 13.2 Å². The van der Waals surface area contributed by atoms with Crippen LogP contribution in [0.15, 0.2) is 47.4 Å². The van der Waals surface area contributed by atoms with E-state index in [4.69, 9.17) is 0 Å². The molecule has 0 saturated carbocycles. The molecule has 2 rings (SSSR count). The van der Waals surface area contributed by atoms with Gasteiger partial charge in [-0.25, -0.2) is 13.1 Å². The number of aryl methyl sites for hydroxylation is 2. The monoisotopic (exact) mass is 317 g/mol. The van der Waals surface area contributed by atoms with Crippen LogP contribution in [-0.2, 0) is 16.6 Å². The molecule has 2 aromatic rings. The summed E-state index contributed by atoms with van der Waals surface area (Å²) in [4.78, 5) is 11.4. The molecule has 0 aliphatic heterocycles. The molecule has 0 saturated heterocycles. The van der Waals surface area contributed by atoms with Gasteiger partial charge in [-0.2, -0.15) is 0 Å². The second kappa shape index (κ2) is 6.42. The molecule has 2 aromatic carbocycles. The second-order valence-corrected chi connectivity index (χ2v) is 7.09. The Morgan fingerprint density at radius 1 is 1.00 bits per heavy atom. The lowest BCUT2D eigenvalue weighted by molar-refractivity contribution is 0.101. The maximum atomic E-state index is 12.2. The maximum Gasteiger partial charge on any atom is 0.240 e. The lowest BCUT2D eigenvalue weighted by Gasteiger charge is -2.09. The van der Waals surface area contributed by atoms with Gasteiger partial charge in [0.2, 0.25) is 10.0 Å². The average molecular weight is 317 g/mol. The number of Topliss-reactive ketones (excluding diaryl/α,β-unsaturated/α-hetero) is 1. The summed E-state index contributed by atoms with van der Waals surface area (Å²) in [6, 6.07) is 11.8. The van der Waals surface area contributed by atoms with Gasteiger partial charge in [-0.05, 0) is 49.6 Å². The number of carbonyl (C=O) groups is 1. The van der Waals surface area contributed by atoms with Gasteiger partial charge < -0.3 is 0 Å². The van der Waals surface area contributed by atoms with Crippen molar-refractivity contribution in [3.05, 3.63) is 64.7 Å². The van der Waals surface area contributed by atoms with Crippen LogP contribution in [-0.4, -0.2) is 14.2 Å². The van der Waals surface area contributed by atoms with E-state index in [1.807, 2.05) is 32.0 Å². The average Bonchev–Trinajstić information content (AvgIpc) is 2.48. The smallest absolute Gasteiger partial charge is 0.240 e. The molecule has 22 heavy (non-hydrogen) atoms. The van der Waals surface area contributed by atoms with E-state index in [0.717, 1.165) is 11.1 Å². The molecule has 0 amide bonds. The summed E-state index contributed by atoms with van der Waals surface area (Å²) in [6.45, 7) is 5.69. The van der Waals surface area contributed by atoms with Crippen LogP contribution in [0.5, 0.6) is 0 Å². The number of hydrogen-bond acceptors (Lipinski definition) is 3. The number of sulfonamides is 1. The summed E-state index contributed by atoms with van der Waals surface area (Å²) in [5, 5.41) is 0. The molecule has 5 heteroatoms. The zero-order chi connectivity index (χ0) is 16.3. The second-order valence-electron chi connectivity index (χ2n) is 5.32. The van der Waals surface area contributed by atoms with Crippen LogP contribution in [0.2, 0.25) is 0 Å². The fourth-order valence-corrected chi connectivity index (χ4v) is 3.06. The zero-order valence-electron chi connectivity index (χ0n) is 12.9. The van der Waals surface area contributed by atoms with Crippen molar-refractivity contribution in [1.29, 1.82) is 0 Å². The van der Waals surface area contributed by atoms with Crippen molar-refractivity contribution in [1.82, 2.24) is 4.72 Å². The minimum Gasteiger partial charge on any atom is -0.295 e. The van der Waals surface area contributed by atoms with Crippen molar-refractivity contribution in [3.8, 4) is 0 Å². The predicted molar refractivity (Wildman–Crippen MR) is 86.4 cm³/mol. The summed E-state index contributed by atoms with van der Waals surface area (Å²) in [5.74, 6) is -0.0907. The number of ketones is 1. The number of rotatable bonds is 5. The Balaban J connectivity index is 2.13. The number of hydrogen-bond donors (Lipinski definition) is 1. The van der Waals surface area contributed by atoms with Crippen molar-refractivity contribution in [2.75, 3.05) is 0 Å². The first-order chi connectivity index (χ1) is 10.3. The molecule has 0 radical (unpaired) electrons. The van der Waals surface area contributed by atoms with Gasteiger partial charge in [-0.3, -0.25) is 4.79 Å². The SMILES string of the molecule is CC(=O)c1ccc(S(=O)(=O)NCc2ccc(C)c(C)c2)cc1. The Kier molecular flexibility index (Phi) is 4.78. The minimum atomic E-state index is -3.59. The highest BCUT2D eigenvalue weighted by atomic mass is 32.2. The summed E-state index contributed by atoms with van der Waals surface area (Å²) in [5.41, 5.74) is 3.70. The van der Waals surface area contributed by atoms with E-state index in [1.54, 1.807) is 0 Å². The molecule has 1 N–H and O–H groups in total. The van der Waals surface area contributed by atoms with Gasteiger partial charge in [0, 0.05) is 12.1 Å². The van der Waals surface area contributed by atoms with E-state index in [1.165, 1.54) is 36.8 Å². The van der Waals surface area contributed by atoms with Gasteiger partial charge in [0.05, 0.1) is 4.90 Å². The van der Waals surface area contributed by atoms with Crippen LogP contribution < -0.4 is 4.72 Å². The molecule has 0 spiro atoms. The normalized spacial score (nSPS) is 11.4. The van der Waals surface area contributed by atoms with E-state index in [-0.39, 0.29) is 17.2 Å². The summed E-state index contributed by atoms with van der Waals surface area (Å²) < 4.78 is 27.1. The van der Waals surface area contributed by atoms with Crippen molar-refractivity contribution in [3.63, 3.8) is 0 Å². The van der Waals surface area contributed by atoms with Gasteiger partial charge in [0.25, 0.3) is 0 Å². The molecule has 0 unspecified atom stereocenters. The summed E-state index contributed by atoms with van der Waals surface area (Å²) >= 11 is 0. The summed E-state index contributed by atoms with van der Waals surface area (Å²) in [6.07, 6.45) is 0. The van der Waals surface area contributed by atoms with Crippen LogP contribution in [0.1, 0.15) is 34.0 Å². The van der Waals surface area contributed by atoms with Crippen LogP contribution in [0, 0.1) is 13.8 Å². The molecule has 0 aliphatic carbocycles. The van der Waals surface area contributed by atoms with Crippen LogP contribution >= 0.6 is 0 Å². The van der Waals surface area contributed by atoms with Gasteiger partial charge in [0.15, 0.2) is 5.78 Å². The van der Waals surface area contributed by atoms with Gasteiger partial charge in [-0.15, -0.1) is 0 Å². The third-order valence-corrected chi connectivity index (χ3v) is 5.03. The molecule has 0 fully saturated rings. The molecular weight excluding hydrogens is 298 g/mol. The van der Waals surface area contributed by atoms with Crippen LogP contribution in [0.25, 0.3) is 0 Å². The highest BCUT2D eigenvalue weighted by Gasteiger charge is 2.14. The van der Waals surface area contributed by atoms with Gasteiger partial charge in [0.1, 0.15) is 0 Å². The fourth-order valence-electron chi connectivity index (χ4n) is 2.04. The van der Waals surface area contributed by atoms with Crippen molar-refractivity contribution < 1.29 is 13.2 Å². The van der Waals surface area contributed by atoms with Crippen molar-refractivity contribution >= 4 is 15.8 Å². The maximum absolute atomic E-state index is 12.2. The topological polar surface area (TPSA) is 63.2 Å². The highest BCUT2D eigenvalue weighted by molar-refractivity contribution is 7.89. The Morgan fingerprint density at radius 3 is 2.18 bits per heavy atom. The van der Waals surface area contributed by atoms with Crippen molar-refractivity contribution in [2.45, 2.75) is 32.2 Å². The van der Waals surface area contributed by atoms with Crippen LogP contribution in [0.4, 0.5) is 0 Å². The molecule has 0 bridgehead atoms. The molecule has 0 atom stereocenters. The van der Waals surface area contributed by atoms with Gasteiger partial charge >= 0.3 is 0 Å². The zero-order valence-corrected chi connectivity index (χ0v) is 13.7. The minimum absolute atomic E-state index is 0.0907. The third-order valence-electron chi connectivity index (χ3n) is 3.61. The Bertz CT molecular complexity index is 793. The molecule has 4 nitrogen and oxygen atoms in total. The quantitative estimate of drug-likeness (QED) is 0.862. The number of benzene rings is 2. The molecule has 0 heterocycles. The van der Waals surface area contributed by atoms with E-state index >= 15 is 0 Å². The Morgan fingerprint density at radius 2 is 1.64 bits per heavy atom. The number of carbonyl (C=O) groups excluding carboxylic acids is 1. The first kappa shape index (κ1) is 16.4. The molecule has 0 aromatic heterocycles. The first-order valence-electron chi connectivity index (χ1n) is 6.96. The molecule has 0 aliphatic rings. The van der Waals surface area contributed by atoms with Gasteiger partial charge in [-0.1, -0.05) is 30.3 Å². The van der Waals surface area contributed by atoms with Crippen molar-refractivity contribution in [2.24, 2.45) is 0 Å². The predicted octanol–water partition coefficient (Wildman–Crippen LogP) is 2.98. The Hall–Kier alpha value is -1.98. The third kappa shape index (κ3) is 3.81. The Labute approximate surface area is 131 Å². The number of nitrogens with one attached hydrogen (secondary N) is 1. The largest absolute Gasteiger partial charge is 0.295 e. The van der Waals surface area contributed by atoms with E-state index in [2.05, 4.69) is 4.72 Å². The van der Waals surface area contributed by atoms with Crippen LogP contribution in [0.3, 0.4) is 0 Å². The fraction of sp³-hybridized carbons (Fsp3) is 0.235. The molecular formula is C17H19NO3S. The first-order valence-corrected chi connectivity index (χ1v) is 8.45. The molecule has 116 valence electrons. The van der Waals surface area contributed by atoms with E-state index < -0.39 is 10.0 Å². The van der Waals surface area contributed by atoms with E-state index in [0.29, 0.717) is 5.56 Å². The summed E-state index contributed by atoms with van der Waals surface area (Å²) in [7, 11) is -3.59. The standard InChI is InChI=1S/C17H19NO3S/c1-12-4-5-15(10-13(12)2)11-18-22(20,21)17-8-6-16(7-9-17)14(3)19/h4-10,18H,11H2,1-3H3. The highest BCUT2D eigenvalue weighted by Crippen LogP contribution is 2.13. The lowest BCUT2D eigenvalue weighted by atomic mass is 10.1. The lowest BCUT2D eigenvalue weighted by Crippen LogP contribution is -2.23.